The molecule has 76 valence electrons. The Hall–Kier alpha value is -1.84. The lowest BCUT2D eigenvalue weighted by atomic mass is 10.1. The summed E-state index contributed by atoms with van der Waals surface area (Å²) in [5, 5.41) is 17.5. The van der Waals surface area contributed by atoms with Crippen LogP contribution in [0.1, 0.15) is 13.8 Å². The van der Waals surface area contributed by atoms with Crippen molar-refractivity contribution >= 4 is 11.9 Å². The summed E-state index contributed by atoms with van der Waals surface area (Å²) in [6, 6.07) is 0. The minimum absolute atomic E-state index is 0.224. The Balaban J connectivity index is 5.49. The second-order valence-electron chi connectivity index (χ2n) is 2.44. The normalized spacial score (nSPS) is 13.3. The van der Waals surface area contributed by atoms with Crippen molar-refractivity contribution in [2.75, 3.05) is 0 Å². The first-order valence-electron chi connectivity index (χ1n) is 4.00. The van der Waals surface area contributed by atoms with Crippen molar-refractivity contribution in [3.05, 3.63) is 35.5 Å². The first-order valence-corrected chi connectivity index (χ1v) is 4.00. The van der Waals surface area contributed by atoms with E-state index < -0.39 is 11.9 Å². The Morgan fingerprint density at radius 1 is 0.857 bits per heavy atom. The van der Waals surface area contributed by atoms with Crippen LogP contribution in [0, 0.1) is 0 Å². The molecule has 0 bridgehead atoms. The number of hydrogen-bond acceptors (Lipinski definition) is 2. The molecule has 0 aromatic heterocycles. The number of carboxylic acids is 2. The summed E-state index contributed by atoms with van der Waals surface area (Å²) >= 11 is 0. The molecule has 0 saturated heterocycles. The maximum Gasteiger partial charge on any atom is 0.336 e. The van der Waals surface area contributed by atoms with E-state index in [2.05, 4.69) is 0 Å². The minimum atomic E-state index is -1.25. The molecule has 0 radical (unpaired) electrons. The number of rotatable bonds is 4. The van der Waals surface area contributed by atoms with E-state index in [4.69, 9.17) is 10.2 Å². The number of allylic oxidation sites excluding steroid dienone is 2. The van der Waals surface area contributed by atoms with Crippen molar-refractivity contribution in [3.8, 4) is 0 Å². The molecule has 0 spiro atoms. The van der Waals surface area contributed by atoms with Gasteiger partial charge < -0.3 is 10.2 Å². The van der Waals surface area contributed by atoms with Gasteiger partial charge in [0, 0.05) is 0 Å². The van der Waals surface area contributed by atoms with E-state index in [1.807, 2.05) is 0 Å². The first-order chi connectivity index (χ1) is 6.54. The van der Waals surface area contributed by atoms with E-state index in [0.717, 1.165) is 0 Å². The summed E-state index contributed by atoms with van der Waals surface area (Å²) in [6.45, 7) is 3.25. The molecule has 0 aliphatic heterocycles. The fraction of sp³-hybridized carbons (Fsp3) is 0.200. The van der Waals surface area contributed by atoms with Crippen molar-refractivity contribution < 1.29 is 19.8 Å². The maximum absolute atomic E-state index is 10.7. The highest BCUT2D eigenvalue weighted by Crippen LogP contribution is 2.09. The molecule has 14 heavy (non-hydrogen) atoms. The van der Waals surface area contributed by atoms with E-state index in [1.54, 1.807) is 13.8 Å². The Kier molecular flexibility index (Phi) is 4.99. The van der Waals surface area contributed by atoms with Gasteiger partial charge in [0.05, 0.1) is 11.1 Å². The van der Waals surface area contributed by atoms with Crippen LogP contribution in [0.2, 0.25) is 0 Å². The molecule has 0 atom stereocenters. The topological polar surface area (TPSA) is 74.6 Å². The largest absolute Gasteiger partial charge is 0.478 e. The Labute approximate surface area is 81.9 Å². The molecule has 0 rings (SSSR count). The van der Waals surface area contributed by atoms with Crippen LogP contribution in [-0.4, -0.2) is 22.2 Å². The van der Waals surface area contributed by atoms with Crippen LogP contribution < -0.4 is 0 Å². The molecule has 0 aromatic rings. The summed E-state index contributed by atoms with van der Waals surface area (Å²) in [7, 11) is 0. The van der Waals surface area contributed by atoms with Gasteiger partial charge in [-0.05, 0) is 13.8 Å². The predicted molar refractivity (Wildman–Crippen MR) is 51.9 cm³/mol. The Bertz CT molecular complexity index is 289. The van der Waals surface area contributed by atoms with E-state index in [0.29, 0.717) is 0 Å². The van der Waals surface area contributed by atoms with Crippen molar-refractivity contribution in [1.82, 2.24) is 0 Å². The van der Waals surface area contributed by atoms with E-state index in [-0.39, 0.29) is 11.1 Å². The zero-order chi connectivity index (χ0) is 11.1. The van der Waals surface area contributed by atoms with Gasteiger partial charge in [-0.2, -0.15) is 0 Å². The van der Waals surface area contributed by atoms with Gasteiger partial charge in [0.1, 0.15) is 0 Å². The lowest BCUT2D eigenvalue weighted by Crippen LogP contribution is -2.08. The fourth-order valence-corrected chi connectivity index (χ4v) is 0.886. The fourth-order valence-electron chi connectivity index (χ4n) is 0.886. The lowest BCUT2D eigenvalue weighted by Gasteiger charge is -1.99. The van der Waals surface area contributed by atoms with Crippen LogP contribution in [0.5, 0.6) is 0 Å². The standard InChI is InChI=1S/C10H12O4/c1-3-5-7(9(11)12)8(6-4-2)10(13)14/h3-6H,1-2H3,(H,11,12)(H,13,14)/b5-3?,6-4?,8-7-. The molecule has 0 aliphatic rings. The number of aliphatic carboxylic acids is 2. The highest BCUT2D eigenvalue weighted by Gasteiger charge is 2.14. The Morgan fingerprint density at radius 3 is 1.29 bits per heavy atom. The summed E-state index contributed by atoms with van der Waals surface area (Å²) in [6.07, 6.45) is 5.48. The van der Waals surface area contributed by atoms with Crippen LogP contribution in [0.25, 0.3) is 0 Å². The summed E-state index contributed by atoms with van der Waals surface area (Å²) in [5.74, 6) is -2.50. The van der Waals surface area contributed by atoms with Crippen LogP contribution >= 0.6 is 0 Å². The molecular weight excluding hydrogens is 184 g/mol. The molecule has 0 unspecified atom stereocenters. The van der Waals surface area contributed by atoms with Crippen molar-refractivity contribution in [2.24, 2.45) is 0 Å². The zero-order valence-electron chi connectivity index (χ0n) is 8.02. The van der Waals surface area contributed by atoms with E-state index in [9.17, 15) is 9.59 Å². The van der Waals surface area contributed by atoms with Crippen molar-refractivity contribution in [2.45, 2.75) is 13.8 Å². The SMILES string of the molecule is CC=C/C(C(=O)O)=C(\C=CC)C(=O)O. The van der Waals surface area contributed by atoms with Crippen LogP contribution in [0.3, 0.4) is 0 Å². The summed E-state index contributed by atoms with van der Waals surface area (Å²) < 4.78 is 0. The average molecular weight is 196 g/mol. The molecule has 0 aliphatic carbocycles. The molecule has 0 fully saturated rings. The molecule has 4 heteroatoms. The Morgan fingerprint density at radius 2 is 1.14 bits per heavy atom. The van der Waals surface area contributed by atoms with Gasteiger partial charge in [-0.25, -0.2) is 9.59 Å². The van der Waals surface area contributed by atoms with Gasteiger partial charge in [0.2, 0.25) is 0 Å². The third kappa shape index (κ3) is 3.26. The monoisotopic (exact) mass is 196 g/mol. The van der Waals surface area contributed by atoms with E-state index in [1.165, 1.54) is 24.3 Å². The lowest BCUT2D eigenvalue weighted by molar-refractivity contribution is -0.135. The van der Waals surface area contributed by atoms with Crippen LogP contribution in [0.4, 0.5) is 0 Å². The molecule has 4 nitrogen and oxygen atoms in total. The van der Waals surface area contributed by atoms with Gasteiger partial charge in [-0.1, -0.05) is 24.3 Å². The predicted octanol–water partition coefficient (Wildman–Crippen LogP) is 1.60. The molecule has 0 amide bonds. The average Bonchev–Trinajstić information content (AvgIpc) is 2.10. The van der Waals surface area contributed by atoms with Gasteiger partial charge in [0.25, 0.3) is 0 Å². The summed E-state index contributed by atoms with van der Waals surface area (Å²) in [5.41, 5.74) is -0.448. The first kappa shape index (κ1) is 12.2. The molecule has 0 aromatic carbocycles. The third-order valence-electron chi connectivity index (χ3n) is 1.42. The quantitative estimate of drug-likeness (QED) is 0.529. The van der Waals surface area contributed by atoms with Crippen molar-refractivity contribution in [1.29, 1.82) is 0 Å². The van der Waals surface area contributed by atoms with Gasteiger partial charge in [0.15, 0.2) is 0 Å². The zero-order valence-corrected chi connectivity index (χ0v) is 8.02. The number of hydrogen-bond donors (Lipinski definition) is 2. The maximum atomic E-state index is 10.7. The number of carbonyl (C=O) groups is 2. The minimum Gasteiger partial charge on any atom is -0.478 e. The van der Waals surface area contributed by atoms with E-state index >= 15 is 0 Å². The molecular formula is C10H12O4. The second kappa shape index (κ2) is 5.75. The molecule has 0 heterocycles. The van der Waals surface area contributed by atoms with Crippen LogP contribution in [0.15, 0.2) is 35.5 Å². The third-order valence-corrected chi connectivity index (χ3v) is 1.42. The highest BCUT2D eigenvalue weighted by molar-refractivity contribution is 6.02. The smallest absolute Gasteiger partial charge is 0.336 e. The highest BCUT2D eigenvalue weighted by atomic mass is 16.4. The second-order valence-corrected chi connectivity index (χ2v) is 2.44. The number of carboxylic acid groups (broad SMARTS) is 2. The molecule has 2 N–H and O–H groups in total. The van der Waals surface area contributed by atoms with Gasteiger partial charge in [-0.15, -0.1) is 0 Å². The summed E-state index contributed by atoms with van der Waals surface area (Å²) in [4.78, 5) is 21.4. The molecule has 0 saturated carbocycles. The van der Waals surface area contributed by atoms with Crippen molar-refractivity contribution in [3.63, 3.8) is 0 Å². The van der Waals surface area contributed by atoms with Crippen LogP contribution in [-0.2, 0) is 9.59 Å². The van der Waals surface area contributed by atoms with Gasteiger partial charge in [-0.3, -0.25) is 0 Å². The van der Waals surface area contributed by atoms with Gasteiger partial charge >= 0.3 is 11.9 Å².